The number of aryl methyl sites for hydroxylation is 1. The smallest absolute Gasteiger partial charge is 0.111 e. The molecule has 3 heterocycles. The SMILES string of the molecule is CCCn1ccnc1CC(O)c1cc2sccc2s1. The maximum absolute atomic E-state index is 10.4. The van der Waals surface area contributed by atoms with E-state index in [1.165, 1.54) is 9.40 Å². The quantitative estimate of drug-likeness (QED) is 0.775. The summed E-state index contributed by atoms with van der Waals surface area (Å²) in [5.41, 5.74) is 0. The molecular weight excluding hydrogens is 276 g/mol. The van der Waals surface area contributed by atoms with Crippen molar-refractivity contribution < 1.29 is 5.11 Å². The number of nitrogens with zero attached hydrogens (tertiary/aromatic N) is 2. The van der Waals surface area contributed by atoms with Gasteiger partial charge in [0.05, 0.1) is 6.10 Å². The minimum Gasteiger partial charge on any atom is -0.387 e. The number of hydrogen-bond donors (Lipinski definition) is 1. The Kier molecular flexibility index (Phi) is 3.68. The highest BCUT2D eigenvalue weighted by Gasteiger charge is 2.15. The first-order valence-electron chi connectivity index (χ1n) is 6.43. The largest absolute Gasteiger partial charge is 0.387 e. The van der Waals surface area contributed by atoms with Crippen molar-refractivity contribution in [2.45, 2.75) is 32.4 Å². The first-order valence-corrected chi connectivity index (χ1v) is 8.12. The van der Waals surface area contributed by atoms with Crippen molar-refractivity contribution in [1.29, 1.82) is 0 Å². The third kappa shape index (κ3) is 2.59. The number of aliphatic hydroxyl groups is 1. The summed E-state index contributed by atoms with van der Waals surface area (Å²) in [5, 5.41) is 12.5. The molecule has 3 rings (SSSR count). The predicted octanol–water partition coefficient (Wildman–Crippen LogP) is 3.85. The lowest BCUT2D eigenvalue weighted by atomic mass is 10.2. The van der Waals surface area contributed by atoms with Crippen molar-refractivity contribution in [3.05, 3.63) is 40.6 Å². The van der Waals surface area contributed by atoms with Gasteiger partial charge in [-0.25, -0.2) is 4.98 Å². The van der Waals surface area contributed by atoms with E-state index in [0.717, 1.165) is 23.7 Å². The summed E-state index contributed by atoms with van der Waals surface area (Å²) in [7, 11) is 0. The van der Waals surface area contributed by atoms with Gasteiger partial charge in [0.1, 0.15) is 5.82 Å². The standard InChI is InChI=1S/C14H16N2OS2/c1-2-5-16-6-4-15-14(16)8-10(17)12-9-13-11(19-12)3-7-18-13/h3-4,6-7,9-10,17H,2,5,8H2,1H3. The Bertz CT molecular complexity index is 639. The number of hydrogen-bond acceptors (Lipinski definition) is 4. The fourth-order valence-corrected chi connectivity index (χ4v) is 4.30. The first-order chi connectivity index (χ1) is 9.28. The molecule has 0 bridgehead atoms. The third-order valence-electron chi connectivity index (χ3n) is 3.13. The van der Waals surface area contributed by atoms with Crippen molar-refractivity contribution in [3.8, 4) is 0 Å². The molecule has 5 heteroatoms. The summed E-state index contributed by atoms with van der Waals surface area (Å²) in [6, 6.07) is 4.21. The van der Waals surface area contributed by atoms with Crippen molar-refractivity contribution in [3.63, 3.8) is 0 Å². The Balaban J connectivity index is 1.78. The summed E-state index contributed by atoms with van der Waals surface area (Å²) in [5.74, 6) is 0.964. The zero-order valence-electron chi connectivity index (χ0n) is 10.7. The van der Waals surface area contributed by atoms with Crippen LogP contribution >= 0.6 is 22.7 Å². The topological polar surface area (TPSA) is 38.0 Å². The molecule has 1 atom stereocenters. The van der Waals surface area contributed by atoms with E-state index in [0.29, 0.717) is 6.42 Å². The van der Waals surface area contributed by atoms with Crippen LogP contribution in [0.2, 0.25) is 0 Å². The summed E-state index contributed by atoms with van der Waals surface area (Å²) in [6.07, 6.45) is 5.00. The molecule has 1 N–H and O–H groups in total. The van der Waals surface area contributed by atoms with Crippen LogP contribution in [-0.2, 0) is 13.0 Å². The Hall–Kier alpha value is -1.17. The molecule has 100 valence electrons. The van der Waals surface area contributed by atoms with Gasteiger partial charge in [0, 0.05) is 39.6 Å². The van der Waals surface area contributed by atoms with E-state index in [2.05, 4.69) is 34.0 Å². The van der Waals surface area contributed by atoms with Gasteiger partial charge < -0.3 is 9.67 Å². The molecule has 0 radical (unpaired) electrons. The van der Waals surface area contributed by atoms with Crippen LogP contribution in [-0.4, -0.2) is 14.7 Å². The Morgan fingerprint density at radius 1 is 1.42 bits per heavy atom. The Morgan fingerprint density at radius 3 is 3.11 bits per heavy atom. The van der Waals surface area contributed by atoms with Crippen molar-refractivity contribution >= 4 is 32.1 Å². The van der Waals surface area contributed by atoms with Gasteiger partial charge in [0.15, 0.2) is 0 Å². The highest BCUT2D eigenvalue weighted by atomic mass is 32.1. The van der Waals surface area contributed by atoms with Crippen LogP contribution in [0.3, 0.4) is 0 Å². The summed E-state index contributed by atoms with van der Waals surface area (Å²) < 4.78 is 4.64. The zero-order valence-corrected chi connectivity index (χ0v) is 12.4. The van der Waals surface area contributed by atoms with Gasteiger partial charge in [-0.2, -0.15) is 0 Å². The number of aromatic nitrogens is 2. The van der Waals surface area contributed by atoms with E-state index in [1.54, 1.807) is 22.7 Å². The number of imidazole rings is 1. The van der Waals surface area contributed by atoms with E-state index < -0.39 is 6.10 Å². The molecule has 0 aliphatic carbocycles. The fourth-order valence-electron chi connectivity index (χ4n) is 2.20. The molecular formula is C14H16N2OS2. The second kappa shape index (κ2) is 5.45. The van der Waals surface area contributed by atoms with E-state index in [4.69, 9.17) is 0 Å². The molecule has 0 saturated heterocycles. The van der Waals surface area contributed by atoms with Gasteiger partial charge in [-0.15, -0.1) is 22.7 Å². The van der Waals surface area contributed by atoms with Crippen LogP contribution in [0.1, 0.15) is 30.2 Å². The average molecular weight is 292 g/mol. The summed E-state index contributed by atoms with van der Waals surface area (Å²) in [4.78, 5) is 5.39. The molecule has 3 nitrogen and oxygen atoms in total. The van der Waals surface area contributed by atoms with Gasteiger partial charge in [-0.3, -0.25) is 0 Å². The molecule has 0 amide bonds. The molecule has 3 aromatic heterocycles. The zero-order chi connectivity index (χ0) is 13.2. The van der Waals surface area contributed by atoms with Gasteiger partial charge in [0.2, 0.25) is 0 Å². The summed E-state index contributed by atoms with van der Waals surface area (Å²) in [6.45, 7) is 3.11. The van der Waals surface area contributed by atoms with Crippen LogP contribution in [0, 0.1) is 0 Å². The fraction of sp³-hybridized carbons (Fsp3) is 0.357. The van der Waals surface area contributed by atoms with Crippen LogP contribution in [0.4, 0.5) is 0 Å². The highest BCUT2D eigenvalue weighted by molar-refractivity contribution is 7.26. The van der Waals surface area contributed by atoms with Crippen LogP contribution < -0.4 is 0 Å². The maximum atomic E-state index is 10.4. The van der Waals surface area contributed by atoms with Crippen LogP contribution in [0.5, 0.6) is 0 Å². The van der Waals surface area contributed by atoms with E-state index in [1.807, 2.05) is 12.4 Å². The minimum absolute atomic E-state index is 0.456. The first kappa shape index (κ1) is 12.8. The van der Waals surface area contributed by atoms with E-state index in [-0.39, 0.29) is 0 Å². The van der Waals surface area contributed by atoms with Crippen LogP contribution in [0.15, 0.2) is 29.9 Å². The lowest BCUT2D eigenvalue weighted by molar-refractivity contribution is 0.178. The Labute approximate surface area is 120 Å². The third-order valence-corrected chi connectivity index (χ3v) is 5.32. The van der Waals surface area contributed by atoms with Crippen molar-refractivity contribution in [2.75, 3.05) is 0 Å². The maximum Gasteiger partial charge on any atom is 0.111 e. The number of rotatable bonds is 5. The molecule has 0 aliphatic rings. The molecule has 0 aliphatic heterocycles. The van der Waals surface area contributed by atoms with Crippen LogP contribution in [0.25, 0.3) is 9.40 Å². The molecule has 0 fully saturated rings. The highest BCUT2D eigenvalue weighted by Crippen LogP contribution is 2.34. The van der Waals surface area contributed by atoms with Crippen molar-refractivity contribution in [1.82, 2.24) is 9.55 Å². The molecule has 0 aromatic carbocycles. The van der Waals surface area contributed by atoms with E-state index in [9.17, 15) is 5.11 Å². The van der Waals surface area contributed by atoms with E-state index >= 15 is 0 Å². The number of fused-ring (bicyclic) bond motifs is 1. The second-order valence-electron chi connectivity index (χ2n) is 4.55. The van der Waals surface area contributed by atoms with Gasteiger partial charge in [-0.1, -0.05) is 6.92 Å². The monoisotopic (exact) mass is 292 g/mol. The summed E-state index contributed by atoms with van der Waals surface area (Å²) >= 11 is 3.40. The van der Waals surface area contributed by atoms with Crippen molar-refractivity contribution in [2.24, 2.45) is 0 Å². The second-order valence-corrected chi connectivity index (χ2v) is 6.62. The molecule has 0 spiro atoms. The van der Waals surface area contributed by atoms with Gasteiger partial charge >= 0.3 is 0 Å². The number of aliphatic hydroxyl groups excluding tert-OH is 1. The molecule has 19 heavy (non-hydrogen) atoms. The predicted molar refractivity (Wildman–Crippen MR) is 80.9 cm³/mol. The molecule has 1 unspecified atom stereocenters. The van der Waals surface area contributed by atoms with Gasteiger partial charge in [0.25, 0.3) is 0 Å². The molecule has 0 saturated carbocycles. The normalized spacial score (nSPS) is 13.2. The molecule has 3 aromatic rings. The lowest BCUT2D eigenvalue weighted by Crippen LogP contribution is -2.08. The minimum atomic E-state index is -0.456. The number of thiophene rings is 2. The lowest BCUT2D eigenvalue weighted by Gasteiger charge is -2.10. The average Bonchev–Trinajstić information content (AvgIpc) is 3.04. The Morgan fingerprint density at radius 2 is 2.32 bits per heavy atom. The van der Waals surface area contributed by atoms with Gasteiger partial charge in [-0.05, 0) is 23.9 Å².